The van der Waals surface area contributed by atoms with Crippen LogP contribution in [0.4, 0.5) is 0 Å². The zero-order valence-corrected chi connectivity index (χ0v) is 12.7. The first-order chi connectivity index (χ1) is 9.20. The van der Waals surface area contributed by atoms with Gasteiger partial charge in [0.2, 0.25) is 0 Å². The summed E-state index contributed by atoms with van der Waals surface area (Å²) in [7, 11) is 0. The van der Waals surface area contributed by atoms with Crippen molar-refractivity contribution in [2.75, 3.05) is 0 Å². The van der Waals surface area contributed by atoms with E-state index in [1.807, 2.05) is 6.92 Å². The molecule has 0 saturated carbocycles. The van der Waals surface area contributed by atoms with Gasteiger partial charge in [0.1, 0.15) is 11.6 Å². The van der Waals surface area contributed by atoms with E-state index in [1.165, 1.54) is 12.8 Å². The van der Waals surface area contributed by atoms with Crippen LogP contribution in [-0.4, -0.2) is 11.6 Å². The van der Waals surface area contributed by atoms with Gasteiger partial charge in [-0.2, -0.15) is 0 Å². The monoisotopic (exact) mass is 266 g/mol. The lowest BCUT2D eigenvalue weighted by molar-refractivity contribution is -0.120. The van der Waals surface area contributed by atoms with Gasteiger partial charge in [-0.15, -0.1) is 0 Å². The second-order valence-electron chi connectivity index (χ2n) is 5.19. The summed E-state index contributed by atoms with van der Waals surface area (Å²) in [6.45, 7) is 4.20. The molecule has 0 N–H and O–H groups in total. The summed E-state index contributed by atoms with van der Waals surface area (Å²) in [6.07, 6.45) is 14.1. The minimum absolute atomic E-state index is 0.300. The molecule has 2 heteroatoms. The maximum Gasteiger partial charge on any atom is 0.132 e. The Balaban J connectivity index is 3.39. The summed E-state index contributed by atoms with van der Waals surface area (Å²) < 4.78 is 0. The number of allylic oxidation sites excluding steroid dienone is 2. The van der Waals surface area contributed by atoms with E-state index in [9.17, 15) is 9.59 Å². The van der Waals surface area contributed by atoms with E-state index in [1.54, 1.807) is 0 Å². The molecule has 0 aromatic rings. The molecule has 0 atom stereocenters. The van der Waals surface area contributed by atoms with Crippen molar-refractivity contribution in [3.63, 3.8) is 0 Å². The van der Waals surface area contributed by atoms with E-state index in [2.05, 4.69) is 19.1 Å². The molecule has 0 aliphatic rings. The van der Waals surface area contributed by atoms with Gasteiger partial charge in [0, 0.05) is 25.7 Å². The molecule has 0 aromatic heterocycles. The Morgan fingerprint density at radius 1 is 0.684 bits per heavy atom. The molecule has 0 unspecified atom stereocenters. The van der Waals surface area contributed by atoms with Crippen LogP contribution in [0.3, 0.4) is 0 Å². The van der Waals surface area contributed by atoms with Crippen molar-refractivity contribution in [2.24, 2.45) is 0 Å². The van der Waals surface area contributed by atoms with Crippen LogP contribution in [0.5, 0.6) is 0 Å². The van der Waals surface area contributed by atoms with Crippen LogP contribution in [0.2, 0.25) is 0 Å². The highest BCUT2D eigenvalue weighted by Crippen LogP contribution is 2.07. The Morgan fingerprint density at radius 2 is 1.21 bits per heavy atom. The number of ketones is 2. The fourth-order valence-corrected chi connectivity index (χ4v) is 1.99. The lowest BCUT2D eigenvalue weighted by Gasteiger charge is -2.00. The summed E-state index contributed by atoms with van der Waals surface area (Å²) in [4.78, 5) is 22.9. The Labute approximate surface area is 118 Å². The molecule has 0 aliphatic heterocycles. The maximum atomic E-state index is 11.6. The standard InChI is InChI=1S/C17H30O2/c1-3-5-6-7-8-9-10-13-17(19)15-11-14-16(18)12-4-2/h7-8H,3-6,9-15H2,1-2H3. The van der Waals surface area contributed by atoms with Crippen LogP contribution >= 0.6 is 0 Å². The van der Waals surface area contributed by atoms with Crippen molar-refractivity contribution in [3.8, 4) is 0 Å². The fourth-order valence-electron chi connectivity index (χ4n) is 1.99. The summed E-state index contributed by atoms with van der Waals surface area (Å²) in [6, 6.07) is 0. The average Bonchev–Trinajstić information content (AvgIpc) is 2.38. The van der Waals surface area contributed by atoms with Gasteiger partial charge in [0.15, 0.2) is 0 Å². The molecule has 0 amide bonds. The van der Waals surface area contributed by atoms with Crippen molar-refractivity contribution < 1.29 is 9.59 Å². The predicted octanol–water partition coefficient (Wildman–Crippen LogP) is 5.01. The zero-order valence-electron chi connectivity index (χ0n) is 12.7. The molecule has 0 radical (unpaired) electrons. The van der Waals surface area contributed by atoms with E-state index in [0.717, 1.165) is 32.1 Å². The summed E-state index contributed by atoms with van der Waals surface area (Å²) >= 11 is 0. The SMILES string of the molecule is CCCCC=CCCCC(=O)CCCC(=O)CCC. The van der Waals surface area contributed by atoms with Crippen LogP contribution in [0.25, 0.3) is 0 Å². The molecule has 0 aromatic carbocycles. The van der Waals surface area contributed by atoms with Crippen molar-refractivity contribution in [2.45, 2.75) is 84.5 Å². The fraction of sp³-hybridized carbons (Fsp3) is 0.765. The number of carbonyl (C=O) groups is 2. The van der Waals surface area contributed by atoms with Gasteiger partial charge >= 0.3 is 0 Å². The zero-order chi connectivity index (χ0) is 14.3. The van der Waals surface area contributed by atoms with Crippen molar-refractivity contribution in [3.05, 3.63) is 12.2 Å². The molecule has 0 saturated heterocycles. The van der Waals surface area contributed by atoms with Gasteiger partial charge in [-0.25, -0.2) is 0 Å². The van der Waals surface area contributed by atoms with Gasteiger partial charge in [-0.05, 0) is 32.1 Å². The largest absolute Gasteiger partial charge is 0.300 e. The quantitative estimate of drug-likeness (QED) is 0.347. The number of unbranched alkanes of at least 4 members (excludes halogenated alkanes) is 3. The lowest BCUT2D eigenvalue weighted by Crippen LogP contribution is -2.01. The summed E-state index contributed by atoms with van der Waals surface area (Å²) in [5.74, 6) is 0.611. The first-order valence-electron chi connectivity index (χ1n) is 7.89. The first-order valence-corrected chi connectivity index (χ1v) is 7.89. The highest BCUT2D eigenvalue weighted by molar-refractivity contribution is 5.81. The Hall–Kier alpha value is -0.920. The molecule has 110 valence electrons. The van der Waals surface area contributed by atoms with Crippen LogP contribution < -0.4 is 0 Å². The van der Waals surface area contributed by atoms with Crippen molar-refractivity contribution in [1.82, 2.24) is 0 Å². The Kier molecular flexibility index (Phi) is 12.9. The Bertz CT molecular complexity index is 266. The molecular formula is C17H30O2. The normalized spacial score (nSPS) is 11.1. The Morgan fingerprint density at radius 3 is 1.79 bits per heavy atom. The van der Waals surface area contributed by atoms with Crippen molar-refractivity contribution in [1.29, 1.82) is 0 Å². The highest BCUT2D eigenvalue weighted by atomic mass is 16.1. The summed E-state index contributed by atoms with van der Waals surface area (Å²) in [5, 5.41) is 0. The van der Waals surface area contributed by atoms with E-state index in [4.69, 9.17) is 0 Å². The first kappa shape index (κ1) is 18.1. The number of hydrogen-bond acceptors (Lipinski definition) is 2. The third kappa shape index (κ3) is 13.3. The number of carbonyl (C=O) groups excluding carboxylic acids is 2. The topological polar surface area (TPSA) is 34.1 Å². The van der Waals surface area contributed by atoms with E-state index in [-0.39, 0.29) is 0 Å². The number of rotatable bonds is 13. The van der Waals surface area contributed by atoms with Crippen LogP contribution in [-0.2, 0) is 9.59 Å². The van der Waals surface area contributed by atoms with Gasteiger partial charge in [-0.3, -0.25) is 9.59 Å². The lowest BCUT2D eigenvalue weighted by atomic mass is 10.0. The van der Waals surface area contributed by atoms with Gasteiger partial charge < -0.3 is 0 Å². The van der Waals surface area contributed by atoms with Gasteiger partial charge in [-0.1, -0.05) is 38.8 Å². The molecule has 0 bridgehead atoms. The molecule has 0 rings (SSSR count). The predicted molar refractivity (Wildman–Crippen MR) is 81.3 cm³/mol. The van der Waals surface area contributed by atoms with Crippen LogP contribution in [0.1, 0.15) is 84.5 Å². The highest BCUT2D eigenvalue weighted by Gasteiger charge is 2.04. The van der Waals surface area contributed by atoms with E-state index < -0.39 is 0 Å². The third-order valence-electron chi connectivity index (χ3n) is 3.16. The van der Waals surface area contributed by atoms with E-state index in [0.29, 0.717) is 37.2 Å². The minimum Gasteiger partial charge on any atom is -0.300 e. The molecule has 0 aliphatic carbocycles. The molecule has 19 heavy (non-hydrogen) atoms. The number of Topliss-reactive ketones (excluding diaryl/α,β-unsaturated/α-hetero) is 2. The molecule has 0 heterocycles. The smallest absolute Gasteiger partial charge is 0.132 e. The molecule has 2 nitrogen and oxygen atoms in total. The van der Waals surface area contributed by atoms with Crippen LogP contribution in [0, 0.1) is 0 Å². The average molecular weight is 266 g/mol. The number of hydrogen-bond donors (Lipinski definition) is 0. The minimum atomic E-state index is 0.300. The van der Waals surface area contributed by atoms with Gasteiger partial charge in [0.25, 0.3) is 0 Å². The van der Waals surface area contributed by atoms with E-state index >= 15 is 0 Å². The second kappa shape index (κ2) is 13.5. The second-order valence-corrected chi connectivity index (χ2v) is 5.19. The van der Waals surface area contributed by atoms with Crippen LogP contribution in [0.15, 0.2) is 12.2 Å². The van der Waals surface area contributed by atoms with Crippen molar-refractivity contribution >= 4 is 11.6 Å². The molecule has 0 fully saturated rings. The van der Waals surface area contributed by atoms with Gasteiger partial charge in [0.05, 0.1) is 0 Å². The third-order valence-corrected chi connectivity index (χ3v) is 3.16. The summed E-state index contributed by atoms with van der Waals surface area (Å²) in [5.41, 5.74) is 0. The molecule has 0 spiro atoms. The molecular weight excluding hydrogens is 236 g/mol. The maximum absolute atomic E-state index is 11.6.